The van der Waals surface area contributed by atoms with Crippen molar-refractivity contribution in [2.45, 2.75) is 45.1 Å². The van der Waals surface area contributed by atoms with E-state index in [-0.39, 0.29) is 18.1 Å². The molecule has 0 radical (unpaired) electrons. The summed E-state index contributed by atoms with van der Waals surface area (Å²) in [7, 11) is 0. The van der Waals surface area contributed by atoms with E-state index in [1.165, 1.54) is 0 Å². The van der Waals surface area contributed by atoms with Crippen molar-refractivity contribution in [3.8, 4) is 0 Å². The molecular formula is C15H20O5. The number of ether oxygens (including phenoxy) is 1. The first-order valence-electron chi connectivity index (χ1n) is 6.91. The van der Waals surface area contributed by atoms with Crippen molar-refractivity contribution in [3.05, 3.63) is 12.2 Å². The zero-order chi connectivity index (χ0) is 14.9. The van der Waals surface area contributed by atoms with E-state index >= 15 is 0 Å². The van der Waals surface area contributed by atoms with E-state index in [0.717, 1.165) is 12.8 Å². The van der Waals surface area contributed by atoms with E-state index in [4.69, 9.17) is 9.84 Å². The number of aliphatic carboxylic acids is 1. The van der Waals surface area contributed by atoms with Gasteiger partial charge in [-0.1, -0.05) is 12.2 Å². The van der Waals surface area contributed by atoms with Crippen LogP contribution in [0.15, 0.2) is 12.2 Å². The summed E-state index contributed by atoms with van der Waals surface area (Å²) < 4.78 is 5.10. The Hall–Kier alpha value is -1.65. The number of hydrogen-bond donors (Lipinski definition) is 1. The van der Waals surface area contributed by atoms with Gasteiger partial charge in [-0.25, -0.2) is 0 Å². The molecule has 2 bridgehead atoms. The van der Waals surface area contributed by atoms with Crippen LogP contribution in [-0.2, 0) is 19.1 Å². The number of carbonyl (C=O) groups is 3. The molecule has 2 rings (SSSR count). The third-order valence-corrected chi connectivity index (χ3v) is 3.98. The van der Waals surface area contributed by atoms with Gasteiger partial charge in [0.1, 0.15) is 17.8 Å². The van der Waals surface area contributed by atoms with Gasteiger partial charge in [0.05, 0.1) is 0 Å². The van der Waals surface area contributed by atoms with Crippen LogP contribution in [0.1, 0.15) is 39.5 Å². The van der Waals surface area contributed by atoms with Gasteiger partial charge in [0, 0.05) is 12.3 Å². The molecule has 1 fully saturated rings. The van der Waals surface area contributed by atoms with Gasteiger partial charge in [-0.2, -0.15) is 0 Å². The number of carboxylic acid groups (broad SMARTS) is 1. The van der Waals surface area contributed by atoms with E-state index < -0.39 is 24.0 Å². The maximum Gasteiger partial charge on any atom is 0.317 e. The quantitative estimate of drug-likeness (QED) is 0.457. The van der Waals surface area contributed by atoms with E-state index in [9.17, 15) is 14.4 Å². The highest BCUT2D eigenvalue weighted by Crippen LogP contribution is 2.44. The van der Waals surface area contributed by atoms with Crippen molar-refractivity contribution in [3.63, 3.8) is 0 Å². The lowest BCUT2D eigenvalue weighted by Gasteiger charge is -2.27. The van der Waals surface area contributed by atoms with Gasteiger partial charge in [-0.05, 0) is 38.5 Å². The highest BCUT2D eigenvalue weighted by molar-refractivity contribution is 5.90. The van der Waals surface area contributed by atoms with Gasteiger partial charge in [0.15, 0.2) is 0 Å². The molecule has 5 heteroatoms. The Morgan fingerprint density at radius 1 is 1.25 bits per heavy atom. The fourth-order valence-electron chi connectivity index (χ4n) is 3.21. The molecule has 3 atom stereocenters. The minimum absolute atomic E-state index is 0.0300. The Morgan fingerprint density at radius 3 is 2.45 bits per heavy atom. The molecule has 0 heterocycles. The second-order valence-electron chi connectivity index (χ2n) is 6.33. The average Bonchev–Trinajstić information content (AvgIpc) is 2.86. The zero-order valence-electron chi connectivity index (χ0n) is 11.8. The second-order valence-corrected chi connectivity index (χ2v) is 6.33. The topological polar surface area (TPSA) is 80.7 Å². The molecule has 0 aromatic heterocycles. The normalized spacial score (nSPS) is 27.6. The predicted molar refractivity (Wildman–Crippen MR) is 70.9 cm³/mol. The van der Waals surface area contributed by atoms with Crippen LogP contribution < -0.4 is 0 Å². The molecule has 0 amide bonds. The third-order valence-electron chi connectivity index (χ3n) is 3.98. The highest BCUT2D eigenvalue weighted by atomic mass is 16.6. The van der Waals surface area contributed by atoms with Gasteiger partial charge < -0.3 is 9.84 Å². The summed E-state index contributed by atoms with van der Waals surface area (Å²) in [5.74, 6) is -1.04. The Bertz CT molecular complexity index is 463. The van der Waals surface area contributed by atoms with E-state index in [2.05, 4.69) is 12.2 Å². The van der Waals surface area contributed by atoms with Crippen LogP contribution in [-0.4, -0.2) is 28.4 Å². The lowest BCUT2D eigenvalue weighted by Crippen LogP contribution is -2.34. The summed E-state index contributed by atoms with van der Waals surface area (Å²) in [6.45, 7) is 3.29. The lowest BCUT2D eigenvalue weighted by molar-refractivity contribution is -0.162. The number of esters is 1. The van der Waals surface area contributed by atoms with Gasteiger partial charge in [0.2, 0.25) is 0 Å². The van der Waals surface area contributed by atoms with Crippen LogP contribution in [0.2, 0.25) is 0 Å². The molecule has 0 saturated heterocycles. The lowest BCUT2D eigenvalue weighted by atomic mass is 9.85. The molecule has 1 saturated carbocycles. The van der Waals surface area contributed by atoms with Crippen LogP contribution in [0.4, 0.5) is 0 Å². The second kappa shape index (κ2) is 5.38. The van der Waals surface area contributed by atoms with Crippen molar-refractivity contribution >= 4 is 17.7 Å². The Balaban J connectivity index is 1.88. The summed E-state index contributed by atoms with van der Waals surface area (Å²) in [5, 5.41) is 8.53. The first-order valence-corrected chi connectivity index (χ1v) is 6.91. The molecule has 0 aromatic rings. The molecule has 3 unspecified atom stereocenters. The maximum atomic E-state index is 12.3. The van der Waals surface area contributed by atoms with Crippen LogP contribution in [0.5, 0.6) is 0 Å². The summed E-state index contributed by atoms with van der Waals surface area (Å²) in [6.07, 6.45) is 5.69. The van der Waals surface area contributed by atoms with E-state index in [0.29, 0.717) is 11.8 Å². The molecule has 2 aliphatic carbocycles. The van der Waals surface area contributed by atoms with Crippen molar-refractivity contribution in [1.29, 1.82) is 0 Å². The number of carbonyl (C=O) groups excluding carboxylic acids is 2. The number of ketones is 1. The SMILES string of the molecule is CC(C)(CC(=O)C1CC2C=CC1C2)OC(=O)CC(=O)O. The minimum atomic E-state index is -1.23. The summed E-state index contributed by atoms with van der Waals surface area (Å²) in [4.78, 5) is 34.1. The third kappa shape index (κ3) is 3.46. The van der Waals surface area contributed by atoms with Gasteiger partial charge in [-0.15, -0.1) is 0 Å². The van der Waals surface area contributed by atoms with Crippen LogP contribution in [0.25, 0.3) is 0 Å². The number of fused-ring (bicyclic) bond motifs is 2. The molecule has 0 aromatic carbocycles. The smallest absolute Gasteiger partial charge is 0.317 e. The fourth-order valence-corrected chi connectivity index (χ4v) is 3.21. The van der Waals surface area contributed by atoms with Crippen LogP contribution in [0, 0.1) is 17.8 Å². The largest absolute Gasteiger partial charge is 0.481 e. The van der Waals surface area contributed by atoms with Crippen molar-refractivity contribution in [1.82, 2.24) is 0 Å². The number of hydrogen-bond acceptors (Lipinski definition) is 4. The molecule has 5 nitrogen and oxygen atoms in total. The number of carboxylic acids is 1. The molecule has 2 aliphatic rings. The molecule has 0 spiro atoms. The van der Waals surface area contributed by atoms with Crippen molar-refractivity contribution < 1.29 is 24.2 Å². The number of Topliss-reactive ketones (excluding diaryl/α,β-unsaturated/α-hetero) is 1. The molecule has 0 aliphatic heterocycles. The molecule has 20 heavy (non-hydrogen) atoms. The number of rotatable bonds is 6. The Labute approximate surface area is 118 Å². The van der Waals surface area contributed by atoms with Gasteiger partial charge in [-0.3, -0.25) is 14.4 Å². The van der Waals surface area contributed by atoms with Crippen molar-refractivity contribution in [2.75, 3.05) is 0 Å². The minimum Gasteiger partial charge on any atom is -0.481 e. The van der Waals surface area contributed by atoms with Crippen molar-refractivity contribution in [2.24, 2.45) is 17.8 Å². The first-order chi connectivity index (χ1) is 9.27. The summed E-state index contributed by atoms with van der Waals surface area (Å²) >= 11 is 0. The zero-order valence-corrected chi connectivity index (χ0v) is 11.8. The average molecular weight is 280 g/mol. The van der Waals surface area contributed by atoms with E-state index in [1.54, 1.807) is 13.8 Å². The molecule has 110 valence electrons. The van der Waals surface area contributed by atoms with Crippen LogP contribution in [0.3, 0.4) is 0 Å². The first kappa shape index (κ1) is 14.8. The maximum absolute atomic E-state index is 12.3. The highest BCUT2D eigenvalue weighted by Gasteiger charge is 2.41. The Kier molecular flexibility index (Phi) is 3.97. The standard InChI is InChI=1S/C15H20O5/c1-15(2,20-14(19)7-13(17)18)8-12(16)11-6-9-3-4-10(11)5-9/h3-4,9-11H,5-8H2,1-2H3,(H,17,18). The number of allylic oxidation sites excluding steroid dienone is 2. The van der Waals surface area contributed by atoms with Gasteiger partial charge >= 0.3 is 11.9 Å². The monoisotopic (exact) mass is 280 g/mol. The molecular weight excluding hydrogens is 260 g/mol. The predicted octanol–water partition coefficient (Wildman–Crippen LogP) is 1.95. The van der Waals surface area contributed by atoms with Crippen LogP contribution >= 0.6 is 0 Å². The Morgan fingerprint density at radius 2 is 1.95 bits per heavy atom. The summed E-state index contributed by atoms with van der Waals surface area (Å²) in [5.41, 5.74) is -0.949. The fraction of sp³-hybridized carbons (Fsp3) is 0.667. The van der Waals surface area contributed by atoms with E-state index in [1.807, 2.05) is 0 Å². The summed E-state index contributed by atoms with van der Waals surface area (Å²) in [6, 6.07) is 0. The van der Waals surface area contributed by atoms with Gasteiger partial charge in [0.25, 0.3) is 0 Å². The molecule has 1 N–H and O–H groups in total.